The summed E-state index contributed by atoms with van der Waals surface area (Å²) in [5.74, 6) is 0.710. The highest BCUT2D eigenvalue weighted by Gasteiger charge is 2.29. The fraction of sp³-hybridized carbons (Fsp3) is 0.261. The van der Waals surface area contributed by atoms with E-state index in [9.17, 15) is 22.8 Å². The highest BCUT2D eigenvalue weighted by molar-refractivity contribution is 5.90. The van der Waals surface area contributed by atoms with Crippen LogP contribution in [0.4, 0.5) is 18.9 Å². The summed E-state index contributed by atoms with van der Waals surface area (Å²) in [6.45, 7) is 0.195. The number of nitrogens with zero attached hydrogens (tertiary/aromatic N) is 2. The molecule has 1 aromatic heterocycles. The third kappa shape index (κ3) is 6.12. The molecule has 0 atom stereocenters. The molecule has 0 bridgehead atoms. The lowest BCUT2D eigenvalue weighted by molar-refractivity contribution is -0.137. The number of hydrogen-bond acceptors (Lipinski definition) is 5. The summed E-state index contributed by atoms with van der Waals surface area (Å²) in [6, 6.07) is 12.4. The van der Waals surface area contributed by atoms with Crippen molar-refractivity contribution in [2.45, 2.75) is 25.6 Å². The van der Waals surface area contributed by atoms with Gasteiger partial charge in [0.15, 0.2) is 11.5 Å². The van der Waals surface area contributed by atoms with Gasteiger partial charge in [-0.2, -0.15) is 18.3 Å². The molecule has 1 amide bonds. The predicted octanol–water partition coefficient (Wildman–Crippen LogP) is 4.37. The Labute approximate surface area is 187 Å². The minimum Gasteiger partial charge on any atom is -0.493 e. The van der Waals surface area contributed by atoms with Gasteiger partial charge in [0, 0.05) is 30.3 Å². The third-order valence-electron chi connectivity index (χ3n) is 4.82. The molecular formula is C23H22F3N3O4. The van der Waals surface area contributed by atoms with Crippen LogP contribution in [0.5, 0.6) is 11.5 Å². The molecule has 0 radical (unpaired) electrons. The molecule has 7 nitrogen and oxygen atoms in total. The van der Waals surface area contributed by atoms with E-state index in [4.69, 9.17) is 9.47 Å². The number of benzene rings is 2. The van der Waals surface area contributed by atoms with E-state index in [1.165, 1.54) is 37.1 Å². The van der Waals surface area contributed by atoms with E-state index in [1.54, 1.807) is 24.3 Å². The Morgan fingerprint density at radius 1 is 1.00 bits per heavy atom. The van der Waals surface area contributed by atoms with Gasteiger partial charge >= 0.3 is 6.18 Å². The average Bonchev–Trinajstić information content (AvgIpc) is 2.79. The molecule has 1 N–H and O–H groups in total. The second-order valence-corrected chi connectivity index (χ2v) is 7.08. The lowest BCUT2D eigenvalue weighted by Gasteiger charge is -2.11. The van der Waals surface area contributed by atoms with Gasteiger partial charge in [0.25, 0.3) is 5.56 Å². The van der Waals surface area contributed by atoms with Crippen LogP contribution in [0.15, 0.2) is 59.4 Å². The van der Waals surface area contributed by atoms with Gasteiger partial charge in [-0.25, -0.2) is 4.68 Å². The standard InChI is InChI=1S/C23H22F3N3O4/c1-32-19-11-5-15(14-20(19)33-2)18-10-12-22(31)29(28-18)13-3-4-21(30)27-17-8-6-16(7-9-17)23(24,25)26/h5-12,14H,3-4,13H2,1-2H3,(H,27,30). The monoisotopic (exact) mass is 461 g/mol. The summed E-state index contributed by atoms with van der Waals surface area (Å²) in [5, 5.41) is 6.90. The third-order valence-corrected chi connectivity index (χ3v) is 4.82. The van der Waals surface area contributed by atoms with Gasteiger partial charge in [-0.1, -0.05) is 0 Å². The van der Waals surface area contributed by atoms with Crippen LogP contribution in [-0.2, 0) is 17.5 Å². The van der Waals surface area contributed by atoms with E-state index in [0.29, 0.717) is 23.6 Å². The van der Waals surface area contributed by atoms with E-state index in [1.807, 2.05) is 0 Å². The first-order chi connectivity index (χ1) is 15.7. The molecule has 2 aromatic carbocycles. The molecule has 0 spiro atoms. The number of rotatable bonds is 8. The van der Waals surface area contributed by atoms with E-state index >= 15 is 0 Å². The smallest absolute Gasteiger partial charge is 0.416 e. The second kappa shape index (κ2) is 10.2. The maximum Gasteiger partial charge on any atom is 0.416 e. The zero-order chi connectivity index (χ0) is 24.0. The fourth-order valence-electron chi connectivity index (χ4n) is 3.11. The van der Waals surface area contributed by atoms with Crippen molar-refractivity contribution in [3.8, 4) is 22.8 Å². The molecule has 10 heteroatoms. The summed E-state index contributed by atoms with van der Waals surface area (Å²) in [6.07, 6.45) is -4.06. The molecule has 1 heterocycles. The predicted molar refractivity (Wildman–Crippen MR) is 116 cm³/mol. The van der Waals surface area contributed by atoms with Crippen molar-refractivity contribution in [1.29, 1.82) is 0 Å². The van der Waals surface area contributed by atoms with Gasteiger partial charge < -0.3 is 14.8 Å². The summed E-state index contributed by atoms with van der Waals surface area (Å²) in [5.41, 5.74) is 0.424. The lowest BCUT2D eigenvalue weighted by atomic mass is 10.1. The number of alkyl halides is 3. The number of hydrogen-bond donors (Lipinski definition) is 1. The van der Waals surface area contributed by atoms with Gasteiger partial charge in [-0.3, -0.25) is 9.59 Å². The molecule has 0 saturated heterocycles. The Morgan fingerprint density at radius 2 is 1.70 bits per heavy atom. The van der Waals surface area contributed by atoms with Crippen molar-refractivity contribution in [3.05, 3.63) is 70.5 Å². The molecule has 3 rings (SSSR count). The number of carbonyl (C=O) groups excluding carboxylic acids is 1. The Hall–Kier alpha value is -3.82. The molecule has 3 aromatic rings. The summed E-state index contributed by atoms with van der Waals surface area (Å²) in [4.78, 5) is 24.3. The van der Waals surface area contributed by atoms with Gasteiger partial charge in [-0.05, 0) is 55.0 Å². The minimum absolute atomic E-state index is 0.0652. The van der Waals surface area contributed by atoms with Crippen LogP contribution < -0.4 is 20.3 Å². The lowest BCUT2D eigenvalue weighted by Crippen LogP contribution is -2.23. The van der Waals surface area contributed by atoms with Crippen LogP contribution >= 0.6 is 0 Å². The Morgan fingerprint density at radius 3 is 2.33 bits per heavy atom. The number of nitrogens with one attached hydrogen (secondary N) is 1. The number of halogens is 3. The molecule has 0 fully saturated rings. The molecule has 174 valence electrons. The molecule has 0 unspecified atom stereocenters. The Balaban J connectivity index is 1.61. The van der Waals surface area contributed by atoms with Crippen LogP contribution in [-0.4, -0.2) is 29.9 Å². The number of aryl methyl sites for hydroxylation is 1. The summed E-state index contributed by atoms with van der Waals surface area (Å²) < 4.78 is 49.6. The fourth-order valence-corrected chi connectivity index (χ4v) is 3.11. The van der Waals surface area contributed by atoms with Crippen molar-refractivity contribution in [2.24, 2.45) is 0 Å². The molecule has 0 aliphatic heterocycles. The van der Waals surface area contributed by atoms with Gasteiger partial charge in [0.05, 0.1) is 25.5 Å². The van der Waals surface area contributed by atoms with Crippen molar-refractivity contribution in [1.82, 2.24) is 9.78 Å². The van der Waals surface area contributed by atoms with E-state index in [0.717, 1.165) is 17.7 Å². The first-order valence-corrected chi connectivity index (χ1v) is 9.99. The first kappa shape index (κ1) is 23.8. The van der Waals surface area contributed by atoms with Gasteiger partial charge in [0.1, 0.15) is 0 Å². The van der Waals surface area contributed by atoms with Crippen LogP contribution in [0.2, 0.25) is 0 Å². The highest BCUT2D eigenvalue weighted by atomic mass is 19.4. The number of amides is 1. The highest BCUT2D eigenvalue weighted by Crippen LogP contribution is 2.31. The van der Waals surface area contributed by atoms with Crippen molar-refractivity contribution in [3.63, 3.8) is 0 Å². The van der Waals surface area contributed by atoms with Crippen LogP contribution in [0, 0.1) is 0 Å². The second-order valence-electron chi connectivity index (χ2n) is 7.08. The Bertz CT molecular complexity index is 1170. The SMILES string of the molecule is COc1ccc(-c2ccc(=O)n(CCCC(=O)Nc3ccc(C(F)(F)F)cc3)n2)cc1OC. The van der Waals surface area contributed by atoms with E-state index in [2.05, 4.69) is 10.4 Å². The van der Waals surface area contributed by atoms with E-state index in [-0.39, 0.29) is 30.1 Å². The molecule has 33 heavy (non-hydrogen) atoms. The largest absolute Gasteiger partial charge is 0.493 e. The number of carbonyl (C=O) groups is 1. The molecule has 0 saturated carbocycles. The van der Waals surface area contributed by atoms with Crippen molar-refractivity contribution >= 4 is 11.6 Å². The quantitative estimate of drug-likeness (QED) is 0.539. The number of methoxy groups -OCH3 is 2. The summed E-state index contributed by atoms with van der Waals surface area (Å²) >= 11 is 0. The van der Waals surface area contributed by atoms with E-state index < -0.39 is 11.7 Å². The molecular weight excluding hydrogens is 439 g/mol. The maximum atomic E-state index is 12.6. The summed E-state index contributed by atoms with van der Waals surface area (Å²) in [7, 11) is 3.05. The van der Waals surface area contributed by atoms with Gasteiger partial charge in [0.2, 0.25) is 5.91 Å². The first-order valence-electron chi connectivity index (χ1n) is 9.99. The van der Waals surface area contributed by atoms with Gasteiger partial charge in [-0.15, -0.1) is 0 Å². The molecule has 0 aliphatic carbocycles. The maximum absolute atomic E-state index is 12.6. The van der Waals surface area contributed by atoms with Crippen molar-refractivity contribution in [2.75, 3.05) is 19.5 Å². The number of aromatic nitrogens is 2. The van der Waals surface area contributed by atoms with Crippen LogP contribution in [0.1, 0.15) is 18.4 Å². The molecule has 0 aliphatic rings. The normalized spacial score (nSPS) is 11.2. The minimum atomic E-state index is -4.44. The zero-order valence-electron chi connectivity index (χ0n) is 18.0. The van der Waals surface area contributed by atoms with Crippen molar-refractivity contribution < 1.29 is 27.4 Å². The zero-order valence-corrected chi connectivity index (χ0v) is 18.0. The number of anilines is 1. The Kier molecular flexibility index (Phi) is 7.37. The average molecular weight is 461 g/mol. The van der Waals surface area contributed by atoms with Crippen LogP contribution in [0.3, 0.4) is 0 Å². The number of ether oxygens (including phenoxy) is 2. The topological polar surface area (TPSA) is 82.5 Å². The van der Waals surface area contributed by atoms with Crippen LogP contribution in [0.25, 0.3) is 11.3 Å².